The Morgan fingerprint density at radius 3 is 2.65 bits per heavy atom. The third-order valence-corrected chi connectivity index (χ3v) is 5.80. The number of aromatic nitrogens is 3. The monoisotopic (exact) mass is 455 g/mol. The van der Waals surface area contributed by atoms with Crippen LogP contribution in [0.5, 0.6) is 0 Å². The summed E-state index contributed by atoms with van der Waals surface area (Å²) in [7, 11) is 3.96. The number of fused-ring (bicyclic) bond motifs is 1. The van der Waals surface area contributed by atoms with E-state index in [1.54, 1.807) is 0 Å². The van der Waals surface area contributed by atoms with E-state index >= 15 is 0 Å². The number of hydrogen-bond donors (Lipinski definition) is 3. The fraction of sp³-hybridized carbons (Fsp3) is 0.231. The maximum Gasteiger partial charge on any atom is 0.273 e. The molecule has 174 valence electrons. The summed E-state index contributed by atoms with van der Waals surface area (Å²) in [5.41, 5.74) is 11.2. The van der Waals surface area contributed by atoms with Crippen molar-refractivity contribution in [1.29, 1.82) is 0 Å². The number of amides is 1. The summed E-state index contributed by atoms with van der Waals surface area (Å²) in [6, 6.07) is 16.5. The van der Waals surface area contributed by atoms with E-state index in [1.807, 2.05) is 38.4 Å². The van der Waals surface area contributed by atoms with Gasteiger partial charge in [0.1, 0.15) is 5.82 Å². The fourth-order valence-electron chi connectivity index (χ4n) is 4.01. The number of benzene rings is 2. The lowest BCUT2D eigenvalue weighted by molar-refractivity contribution is 0.0946. The topological polar surface area (TPSA) is 109 Å². The zero-order valence-electron chi connectivity index (χ0n) is 19.7. The second-order valence-corrected chi connectivity index (χ2v) is 8.13. The Labute approximate surface area is 199 Å². The van der Waals surface area contributed by atoms with E-state index in [9.17, 15) is 4.79 Å². The van der Waals surface area contributed by atoms with Gasteiger partial charge in [0, 0.05) is 42.6 Å². The zero-order chi connectivity index (χ0) is 24.1. The Hall–Kier alpha value is -4.04. The Balaban J connectivity index is 1.73. The number of carbonyl (C=O) groups is 1. The molecule has 0 spiro atoms. The maximum absolute atomic E-state index is 12.7. The molecule has 0 aliphatic rings. The molecule has 0 aliphatic carbocycles. The molecule has 4 N–H and O–H groups in total. The van der Waals surface area contributed by atoms with Crippen LogP contribution in [0.25, 0.3) is 10.9 Å². The number of anilines is 3. The number of rotatable bonds is 8. The summed E-state index contributed by atoms with van der Waals surface area (Å²) in [5, 5.41) is 7.17. The molecule has 0 saturated heterocycles. The summed E-state index contributed by atoms with van der Waals surface area (Å²) in [6.45, 7) is 3.19. The number of nitrogen functional groups attached to an aromatic ring is 1. The van der Waals surface area contributed by atoms with Crippen molar-refractivity contribution in [2.45, 2.75) is 19.9 Å². The molecule has 0 radical (unpaired) electrons. The highest BCUT2D eigenvalue weighted by molar-refractivity contribution is 5.96. The standard InChI is InChI=1S/C26H29N7O/c1-17-7-6-9-19-15-20(16-31-26(34)23-24(27)30-14-13-29-23)25(32-22(17)19)33(3)21-10-5-4-8-18(21)11-12-28-2/h4-10,13-15,28H,11-12,16H2,1-3H3,(H2,27,30)(H,31,34). The highest BCUT2D eigenvalue weighted by atomic mass is 16.1. The molecule has 8 heteroatoms. The summed E-state index contributed by atoms with van der Waals surface area (Å²) in [6.07, 6.45) is 3.80. The molecule has 0 aliphatic heterocycles. The minimum atomic E-state index is -0.377. The van der Waals surface area contributed by atoms with Gasteiger partial charge in [-0.25, -0.2) is 15.0 Å². The smallest absolute Gasteiger partial charge is 0.273 e. The Kier molecular flexibility index (Phi) is 6.98. The number of likely N-dealkylation sites (N-methyl/N-ethyl adjacent to an activating group) is 1. The molecule has 0 bridgehead atoms. The average molecular weight is 456 g/mol. The van der Waals surface area contributed by atoms with Crippen molar-refractivity contribution >= 4 is 34.1 Å². The Morgan fingerprint density at radius 2 is 1.85 bits per heavy atom. The largest absolute Gasteiger partial charge is 0.382 e. The van der Waals surface area contributed by atoms with Crippen LogP contribution >= 0.6 is 0 Å². The van der Waals surface area contributed by atoms with Crippen molar-refractivity contribution in [3.05, 3.63) is 83.3 Å². The second-order valence-electron chi connectivity index (χ2n) is 8.13. The van der Waals surface area contributed by atoms with Crippen LogP contribution in [0.15, 0.2) is 60.9 Å². The van der Waals surface area contributed by atoms with Gasteiger partial charge in [0.25, 0.3) is 5.91 Å². The van der Waals surface area contributed by atoms with Gasteiger partial charge < -0.3 is 21.3 Å². The van der Waals surface area contributed by atoms with Crippen LogP contribution in [0.2, 0.25) is 0 Å². The lowest BCUT2D eigenvalue weighted by atomic mass is 10.1. The second kappa shape index (κ2) is 10.3. The zero-order valence-corrected chi connectivity index (χ0v) is 19.7. The Morgan fingerprint density at radius 1 is 1.06 bits per heavy atom. The van der Waals surface area contributed by atoms with Crippen molar-refractivity contribution in [2.75, 3.05) is 31.3 Å². The third-order valence-electron chi connectivity index (χ3n) is 5.80. The molecule has 0 atom stereocenters. The van der Waals surface area contributed by atoms with Crippen LogP contribution in [0.4, 0.5) is 17.3 Å². The van der Waals surface area contributed by atoms with Crippen molar-refractivity contribution in [3.8, 4) is 0 Å². The van der Waals surface area contributed by atoms with Crippen LogP contribution in [-0.4, -0.2) is 41.5 Å². The van der Waals surface area contributed by atoms with Gasteiger partial charge in [-0.2, -0.15) is 0 Å². The molecule has 1 amide bonds. The van der Waals surface area contributed by atoms with Crippen molar-refractivity contribution in [1.82, 2.24) is 25.6 Å². The highest BCUT2D eigenvalue weighted by Gasteiger charge is 2.18. The van der Waals surface area contributed by atoms with Gasteiger partial charge >= 0.3 is 0 Å². The number of pyridine rings is 1. The molecular formula is C26H29N7O. The molecule has 34 heavy (non-hydrogen) atoms. The van der Waals surface area contributed by atoms with Crippen LogP contribution in [-0.2, 0) is 13.0 Å². The predicted octanol–water partition coefficient (Wildman–Crippen LogP) is 3.38. The molecule has 2 aromatic carbocycles. The quantitative estimate of drug-likeness (QED) is 0.374. The molecule has 0 unspecified atom stereocenters. The first-order valence-corrected chi connectivity index (χ1v) is 11.2. The summed E-state index contributed by atoms with van der Waals surface area (Å²) >= 11 is 0. The van der Waals surface area contributed by atoms with Gasteiger partial charge in [-0.1, -0.05) is 36.4 Å². The van der Waals surface area contributed by atoms with Crippen LogP contribution < -0.4 is 21.3 Å². The van der Waals surface area contributed by atoms with Gasteiger partial charge in [0.2, 0.25) is 0 Å². The molecule has 0 fully saturated rings. The predicted molar refractivity (Wildman–Crippen MR) is 136 cm³/mol. The van der Waals surface area contributed by atoms with Gasteiger partial charge in [0.15, 0.2) is 11.5 Å². The molecule has 2 aromatic heterocycles. The van der Waals surface area contributed by atoms with Crippen molar-refractivity contribution in [2.24, 2.45) is 0 Å². The van der Waals surface area contributed by atoms with Crippen LogP contribution in [0.1, 0.15) is 27.2 Å². The first kappa shape index (κ1) is 23.1. The van der Waals surface area contributed by atoms with Crippen LogP contribution in [0, 0.1) is 6.92 Å². The van der Waals surface area contributed by atoms with Gasteiger partial charge in [-0.05, 0) is 50.2 Å². The number of hydrogen-bond acceptors (Lipinski definition) is 7. The Bertz CT molecular complexity index is 1320. The lowest BCUT2D eigenvalue weighted by Gasteiger charge is -2.25. The van der Waals surface area contributed by atoms with E-state index in [0.717, 1.165) is 46.5 Å². The van der Waals surface area contributed by atoms with Crippen molar-refractivity contribution in [3.63, 3.8) is 0 Å². The SMILES string of the molecule is CNCCc1ccccc1N(C)c1nc2c(C)cccc2cc1CNC(=O)c1nccnc1N. The molecule has 2 heterocycles. The number of aryl methyl sites for hydroxylation is 1. The van der Waals surface area contributed by atoms with E-state index < -0.39 is 0 Å². The summed E-state index contributed by atoms with van der Waals surface area (Å²) < 4.78 is 0. The molecule has 4 aromatic rings. The molecule has 8 nitrogen and oxygen atoms in total. The number of carbonyl (C=O) groups excluding carboxylic acids is 1. The molecule has 4 rings (SSSR count). The first-order chi connectivity index (χ1) is 16.5. The molecular weight excluding hydrogens is 426 g/mol. The number of nitrogens with zero attached hydrogens (tertiary/aromatic N) is 4. The number of nitrogens with two attached hydrogens (primary N) is 1. The lowest BCUT2D eigenvalue weighted by Crippen LogP contribution is -2.26. The first-order valence-electron chi connectivity index (χ1n) is 11.2. The van der Waals surface area contributed by atoms with Crippen molar-refractivity contribution < 1.29 is 4.79 Å². The third kappa shape index (κ3) is 4.82. The summed E-state index contributed by atoms with van der Waals surface area (Å²) in [5.74, 6) is 0.507. The van der Waals surface area contributed by atoms with Gasteiger partial charge in [-0.15, -0.1) is 0 Å². The minimum absolute atomic E-state index is 0.100. The van der Waals surface area contributed by atoms with E-state index in [-0.39, 0.29) is 24.0 Å². The van der Waals surface area contributed by atoms with Crippen LogP contribution in [0.3, 0.4) is 0 Å². The van der Waals surface area contributed by atoms with E-state index in [4.69, 9.17) is 10.7 Å². The number of nitrogens with one attached hydrogen (secondary N) is 2. The average Bonchev–Trinajstić information content (AvgIpc) is 2.86. The van der Waals surface area contributed by atoms with Gasteiger partial charge in [0.05, 0.1) is 5.52 Å². The van der Waals surface area contributed by atoms with Gasteiger partial charge in [-0.3, -0.25) is 4.79 Å². The van der Waals surface area contributed by atoms with E-state index in [2.05, 4.69) is 56.7 Å². The normalized spacial score (nSPS) is 10.9. The number of para-hydroxylation sites is 2. The maximum atomic E-state index is 12.7. The minimum Gasteiger partial charge on any atom is -0.382 e. The fourth-order valence-corrected chi connectivity index (χ4v) is 4.01. The highest BCUT2D eigenvalue weighted by Crippen LogP contribution is 2.31. The molecule has 0 saturated carbocycles. The van der Waals surface area contributed by atoms with E-state index in [0.29, 0.717) is 0 Å². The summed E-state index contributed by atoms with van der Waals surface area (Å²) in [4.78, 5) is 27.9. The van der Waals surface area contributed by atoms with E-state index in [1.165, 1.54) is 18.0 Å².